The van der Waals surface area contributed by atoms with Crippen molar-refractivity contribution in [2.75, 3.05) is 6.61 Å². The van der Waals surface area contributed by atoms with Gasteiger partial charge in [-0.3, -0.25) is 9.63 Å². The van der Waals surface area contributed by atoms with E-state index in [1.807, 2.05) is 13.8 Å². The average molecular weight is 145 g/mol. The maximum Gasteiger partial charge on any atom is 0.243 e. The lowest BCUT2D eigenvalue weighted by atomic mass is 10.2. The van der Waals surface area contributed by atoms with Gasteiger partial charge in [0.05, 0.1) is 6.61 Å². The third-order valence-corrected chi connectivity index (χ3v) is 0.924. The minimum Gasteiger partial charge on any atom is -0.273 e. The lowest BCUT2D eigenvalue weighted by molar-refractivity contribution is -0.134. The number of hydrogen-bond acceptors (Lipinski definition) is 2. The highest BCUT2D eigenvalue weighted by Gasteiger charge is 1.96. The van der Waals surface area contributed by atoms with E-state index in [2.05, 4.69) is 5.48 Å². The Morgan fingerprint density at radius 2 is 2.20 bits per heavy atom. The van der Waals surface area contributed by atoms with Crippen molar-refractivity contribution in [3.05, 3.63) is 0 Å². The molecule has 0 fully saturated rings. The van der Waals surface area contributed by atoms with Crippen LogP contribution in [0.15, 0.2) is 0 Å². The van der Waals surface area contributed by atoms with E-state index in [-0.39, 0.29) is 5.91 Å². The first-order valence-electron chi connectivity index (χ1n) is 3.57. The zero-order valence-electron chi connectivity index (χ0n) is 6.81. The summed E-state index contributed by atoms with van der Waals surface area (Å²) in [5.74, 6) is 0.387. The number of hydroxylamine groups is 1. The number of carbonyl (C=O) groups is 1. The van der Waals surface area contributed by atoms with Gasteiger partial charge in [0.2, 0.25) is 5.91 Å². The van der Waals surface area contributed by atoms with Gasteiger partial charge in [0.1, 0.15) is 0 Å². The van der Waals surface area contributed by atoms with E-state index in [4.69, 9.17) is 4.84 Å². The number of hydrogen-bond donors (Lipinski definition) is 1. The smallest absolute Gasteiger partial charge is 0.243 e. The molecule has 0 rings (SSSR count). The molecule has 0 aromatic heterocycles. The van der Waals surface area contributed by atoms with Crippen LogP contribution >= 0.6 is 0 Å². The molecule has 3 heteroatoms. The highest BCUT2D eigenvalue weighted by atomic mass is 16.6. The normalized spacial score (nSPS) is 10.0. The van der Waals surface area contributed by atoms with Crippen molar-refractivity contribution in [1.82, 2.24) is 5.48 Å². The molecule has 0 saturated heterocycles. The van der Waals surface area contributed by atoms with Gasteiger partial charge in [-0.05, 0) is 5.92 Å². The molecule has 0 aromatic carbocycles. The summed E-state index contributed by atoms with van der Waals surface area (Å²) in [6.45, 7) is 6.41. The Kier molecular flexibility index (Phi) is 4.94. The zero-order valence-corrected chi connectivity index (χ0v) is 6.81. The molecular weight excluding hydrogens is 130 g/mol. The SMILES string of the molecule is CCC(=O)NOCC(C)C. The lowest BCUT2D eigenvalue weighted by Gasteiger charge is -2.05. The molecule has 0 bridgehead atoms. The topological polar surface area (TPSA) is 38.3 Å². The molecule has 0 aromatic rings. The molecule has 3 nitrogen and oxygen atoms in total. The van der Waals surface area contributed by atoms with Gasteiger partial charge in [0, 0.05) is 6.42 Å². The van der Waals surface area contributed by atoms with Gasteiger partial charge in [-0.15, -0.1) is 0 Å². The van der Waals surface area contributed by atoms with Crippen LogP contribution in [0, 0.1) is 5.92 Å². The van der Waals surface area contributed by atoms with Gasteiger partial charge in [-0.1, -0.05) is 20.8 Å². The van der Waals surface area contributed by atoms with Crippen LogP contribution in [0.4, 0.5) is 0 Å². The van der Waals surface area contributed by atoms with Crippen molar-refractivity contribution in [2.45, 2.75) is 27.2 Å². The molecular formula is C7H15NO2. The van der Waals surface area contributed by atoms with Crippen LogP contribution in [-0.2, 0) is 9.63 Å². The van der Waals surface area contributed by atoms with Crippen LogP contribution in [0.3, 0.4) is 0 Å². The second-order valence-corrected chi connectivity index (χ2v) is 2.58. The van der Waals surface area contributed by atoms with Crippen LogP contribution in [0.1, 0.15) is 27.2 Å². The molecule has 0 heterocycles. The summed E-state index contributed by atoms with van der Waals surface area (Å²) in [7, 11) is 0. The largest absolute Gasteiger partial charge is 0.273 e. The molecule has 0 unspecified atom stereocenters. The highest BCUT2D eigenvalue weighted by Crippen LogP contribution is 1.89. The molecule has 0 aliphatic heterocycles. The molecule has 1 N–H and O–H groups in total. The van der Waals surface area contributed by atoms with Gasteiger partial charge in [-0.25, -0.2) is 5.48 Å². The second kappa shape index (κ2) is 5.23. The monoisotopic (exact) mass is 145 g/mol. The van der Waals surface area contributed by atoms with Gasteiger partial charge >= 0.3 is 0 Å². The van der Waals surface area contributed by atoms with E-state index >= 15 is 0 Å². The summed E-state index contributed by atoms with van der Waals surface area (Å²) in [4.78, 5) is 15.4. The van der Waals surface area contributed by atoms with E-state index in [1.165, 1.54) is 0 Å². The van der Waals surface area contributed by atoms with Crippen LogP contribution < -0.4 is 5.48 Å². The number of rotatable bonds is 4. The minimum absolute atomic E-state index is 0.0688. The van der Waals surface area contributed by atoms with Crippen molar-refractivity contribution in [3.8, 4) is 0 Å². The fourth-order valence-corrected chi connectivity index (χ4v) is 0.361. The van der Waals surface area contributed by atoms with E-state index < -0.39 is 0 Å². The summed E-state index contributed by atoms with van der Waals surface area (Å²) in [6, 6.07) is 0. The number of carbonyl (C=O) groups excluding carboxylic acids is 1. The van der Waals surface area contributed by atoms with Crippen molar-refractivity contribution in [2.24, 2.45) is 5.92 Å². The number of nitrogens with one attached hydrogen (secondary N) is 1. The first kappa shape index (κ1) is 9.43. The van der Waals surface area contributed by atoms with E-state index in [0.717, 1.165) is 0 Å². The minimum atomic E-state index is -0.0688. The van der Waals surface area contributed by atoms with Gasteiger partial charge in [-0.2, -0.15) is 0 Å². The van der Waals surface area contributed by atoms with Gasteiger partial charge in [0.25, 0.3) is 0 Å². The first-order chi connectivity index (χ1) is 4.66. The Morgan fingerprint density at radius 1 is 1.60 bits per heavy atom. The van der Waals surface area contributed by atoms with Crippen LogP contribution in [0.5, 0.6) is 0 Å². The molecule has 0 radical (unpaired) electrons. The molecule has 1 amide bonds. The van der Waals surface area contributed by atoms with Gasteiger partial charge in [0.15, 0.2) is 0 Å². The molecule has 0 spiro atoms. The Bertz CT molecular complexity index is 102. The average Bonchev–Trinajstić information content (AvgIpc) is 1.87. The van der Waals surface area contributed by atoms with Crippen LogP contribution in [0.25, 0.3) is 0 Å². The maximum atomic E-state index is 10.6. The van der Waals surface area contributed by atoms with Crippen molar-refractivity contribution >= 4 is 5.91 Å². The standard InChI is InChI=1S/C7H15NO2/c1-4-7(9)8-10-5-6(2)3/h6H,4-5H2,1-3H3,(H,8,9). The summed E-state index contributed by atoms with van der Waals surface area (Å²) < 4.78 is 0. The summed E-state index contributed by atoms with van der Waals surface area (Å²) in [6.07, 6.45) is 0.470. The third kappa shape index (κ3) is 5.56. The molecule has 60 valence electrons. The fourth-order valence-electron chi connectivity index (χ4n) is 0.361. The van der Waals surface area contributed by atoms with Crippen LogP contribution in [-0.4, -0.2) is 12.5 Å². The lowest BCUT2D eigenvalue weighted by Crippen LogP contribution is -2.24. The molecule has 0 saturated carbocycles. The fraction of sp³-hybridized carbons (Fsp3) is 0.857. The Labute approximate surface area is 61.7 Å². The van der Waals surface area contributed by atoms with E-state index in [1.54, 1.807) is 6.92 Å². The predicted molar refractivity (Wildman–Crippen MR) is 39.2 cm³/mol. The Morgan fingerprint density at radius 3 is 2.60 bits per heavy atom. The van der Waals surface area contributed by atoms with Gasteiger partial charge < -0.3 is 0 Å². The molecule has 0 atom stereocenters. The summed E-state index contributed by atoms with van der Waals surface area (Å²) in [5, 5.41) is 0. The third-order valence-electron chi connectivity index (χ3n) is 0.924. The summed E-state index contributed by atoms with van der Waals surface area (Å²) >= 11 is 0. The Hall–Kier alpha value is -0.570. The van der Waals surface area contributed by atoms with E-state index in [0.29, 0.717) is 18.9 Å². The predicted octanol–water partition coefficient (Wildman–Crippen LogP) is 1.10. The van der Waals surface area contributed by atoms with Crippen molar-refractivity contribution in [1.29, 1.82) is 0 Å². The van der Waals surface area contributed by atoms with E-state index in [9.17, 15) is 4.79 Å². The Balaban J connectivity index is 3.12. The first-order valence-corrected chi connectivity index (χ1v) is 3.57. The summed E-state index contributed by atoms with van der Waals surface area (Å²) in [5.41, 5.74) is 2.32. The molecule has 0 aliphatic carbocycles. The maximum absolute atomic E-state index is 10.6. The van der Waals surface area contributed by atoms with Crippen LogP contribution in [0.2, 0.25) is 0 Å². The highest BCUT2D eigenvalue weighted by molar-refractivity contribution is 5.74. The zero-order chi connectivity index (χ0) is 7.98. The van der Waals surface area contributed by atoms with Crippen molar-refractivity contribution in [3.63, 3.8) is 0 Å². The second-order valence-electron chi connectivity index (χ2n) is 2.58. The molecule has 0 aliphatic rings. The quantitative estimate of drug-likeness (QED) is 0.601. The molecule has 10 heavy (non-hydrogen) atoms. The van der Waals surface area contributed by atoms with Crippen molar-refractivity contribution < 1.29 is 9.63 Å². The number of amides is 1.